The average Bonchev–Trinajstić information content (AvgIpc) is 2.16. The van der Waals surface area contributed by atoms with Crippen molar-refractivity contribution in [1.82, 2.24) is 4.98 Å². The molecule has 0 radical (unpaired) electrons. The van der Waals surface area contributed by atoms with E-state index in [1.807, 2.05) is 0 Å². The van der Waals surface area contributed by atoms with Crippen LogP contribution in [-0.2, 0) is 5.33 Å². The Balaban J connectivity index is 3.35. The maximum absolute atomic E-state index is 12.6. The highest BCUT2D eigenvalue weighted by Crippen LogP contribution is 2.26. The number of primary amides is 1. The molecule has 0 saturated heterocycles. The van der Waals surface area contributed by atoms with E-state index < -0.39 is 17.9 Å². The van der Waals surface area contributed by atoms with Gasteiger partial charge in [0.1, 0.15) is 5.69 Å². The summed E-state index contributed by atoms with van der Waals surface area (Å²) in [7, 11) is 0. The van der Waals surface area contributed by atoms with Crippen LogP contribution < -0.4 is 5.73 Å². The number of carbonyl (C=O) groups is 1. The largest absolute Gasteiger partial charge is 0.364 e. The highest BCUT2D eigenvalue weighted by molar-refractivity contribution is 9.08. The van der Waals surface area contributed by atoms with E-state index >= 15 is 0 Å². The number of rotatable bonds is 3. The van der Waals surface area contributed by atoms with Gasteiger partial charge >= 0.3 is 0 Å². The second kappa shape index (κ2) is 4.45. The van der Waals surface area contributed by atoms with Crippen molar-refractivity contribution in [1.29, 1.82) is 0 Å². The van der Waals surface area contributed by atoms with Gasteiger partial charge < -0.3 is 5.73 Å². The maximum atomic E-state index is 12.6. The van der Waals surface area contributed by atoms with Crippen molar-refractivity contribution in [2.45, 2.75) is 11.8 Å². The Kier molecular flexibility index (Phi) is 3.51. The first kappa shape index (κ1) is 11.0. The molecule has 0 unspecified atom stereocenters. The van der Waals surface area contributed by atoms with Crippen LogP contribution in [0.1, 0.15) is 28.0 Å². The Morgan fingerprint density at radius 1 is 1.64 bits per heavy atom. The van der Waals surface area contributed by atoms with Crippen molar-refractivity contribution >= 4 is 21.8 Å². The monoisotopic (exact) mass is 264 g/mol. The van der Waals surface area contributed by atoms with Crippen LogP contribution in [-0.4, -0.2) is 10.9 Å². The minimum Gasteiger partial charge on any atom is -0.364 e. The van der Waals surface area contributed by atoms with Gasteiger partial charge in [-0.15, -0.1) is 0 Å². The summed E-state index contributed by atoms with van der Waals surface area (Å²) < 4.78 is 25.1. The fraction of sp³-hybridized carbons (Fsp3) is 0.250. The Morgan fingerprint density at radius 3 is 2.71 bits per heavy atom. The topological polar surface area (TPSA) is 56.0 Å². The van der Waals surface area contributed by atoms with Gasteiger partial charge in [-0.2, -0.15) is 0 Å². The summed E-state index contributed by atoms with van der Waals surface area (Å²) in [4.78, 5) is 14.3. The smallest absolute Gasteiger partial charge is 0.267 e. The molecule has 14 heavy (non-hydrogen) atoms. The number of amides is 1. The Hall–Kier alpha value is -1.04. The summed E-state index contributed by atoms with van der Waals surface area (Å²) in [5.41, 5.74) is 4.49. The van der Waals surface area contributed by atoms with Gasteiger partial charge in [-0.1, -0.05) is 15.9 Å². The number of aromatic nitrogens is 1. The molecule has 1 heterocycles. The van der Waals surface area contributed by atoms with E-state index in [-0.39, 0.29) is 11.0 Å². The molecule has 0 saturated carbocycles. The number of nitrogens with zero attached hydrogens (tertiary/aromatic N) is 1. The van der Waals surface area contributed by atoms with Gasteiger partial charge in [0.15, 0.2) is 0 Å². The molecule has 0 fully saturated rings. The number of carbonyl (C=O) groups excluding carboxylic acids is 1. The number of hydrogen-bond donors (Lipinski definition) is 1. The third-order valence-electron chi connectivity index (χ3n) is 1.68. The molecular formula is C8H7BrF2N2O. The summed E-state index contributed by atoms with van der Waals surface area (Å²) in [6.45, 7) is 0. The molecule has 6 heteroatoms. The molecule has 76 valence electrons. The summed E-state index contributed by atoms with van der Waals surface area (Å²) >= 11 is 3.05. The molecule has 1 aromatic heterocycles. The zero-order chi connectivity index (χ0) is 10.7. The van der Waals surface area contributed by atoms with Crippen molar-refractivity contribution in [3.8, 4) is 0 Å². The molecule has 2 N–H and O–H groups in total. The minimum atomic E-state index is -2.75. The standard InChI is InChI=1S/C8H7BrF2N2O/c9-3-4-1-2-13-6(8(12)14)5(4)7(10)11/h1-2,7H,3H2,(H2,12,14). The van der Waals surface area contributed by atoms with Crippen LogP contribution in [0.2, 0.25) is 0 Å². The molecule has 0 aliphatic carbocycles. The molecule has 3 nitrogen and oxygen atoms in total. The number of halogens is 3. The van der Waals surface area contributed by atoms with Crippen LogP contribution in [0.25, 0.3) is 0 Å². The maximum Gasteiger partial charge on any atom is 0.267 e. The fourth-order valence-electron chi connectivity index (χ4n) is 1.07. The molecule has 0 spiro atoms. The van der Waals surface area contributed by atoms with Crippen LogP contribution in [0, 0.1) is 0 Å². The van der Waals surface area contributed by atoms with Crippen molar-refractivity contribution in [3.05, 3.63) is 29.1 Å². The van der Waals surface area contributed by atoms with E-state index in [2.05, 4.69) is 20.9 Å². The molecular weight excluding hydrogens is 258 g/mol. The van der Waals surface area contributed by atoms with Crippen molar-refractivity contribution in [2.24, 2.45) is 5.73 Å². The summed E-state index contributed by atoms with van der Waals surface area (Å²) in [5.74, 6) is -0.942. The Bertz CT molecular complexity index is 357. The van der Waals surface area contributed by atoms with Gasteiger partial charge in [0.25, 0.3) is 12.3 Å². The zero-order valence-corrected chi connectivity index (χ0v) is 8.59. The summed E-state index contributed by atoms with van der Waals surface area (Å²) in [6, 6.07) is 1.42. The first-order valence-electron chi connectivity index (χ1n) is 3.69. The molecule has 0 bridgehead atoms. The minimum absolute atomic E-state index is 0.232. The third-order valence-corrected chi connectivity index (χ3v) is 2.28. The predicted molar refractivity (Wildman–Crippen MR) is 50.3 cm³/mol. The zero-order valence-electron chi connectivity index (χ0n) is 7.01. The van der Waals surface area contributed by atoms with Crippen LogP contribution in [0.3, 0.4) is 0 Å². The molecule has 0 aliphatic rings. The fourth-order valence-corrected chi connectivity index (χ4v) is 1.56. The first-order chi connectivity index (χ1) is 6.57. The van der Waals surface area contributed by atoms with Crippen molar-refractivity contribution < 1.29 is 13.6 Å². The molecule has 1 amide bonds. The van der Waals surface area contributed by atoms with E-state index in [0.717, 1.165) is 0 Å². The molecule has 0 atom stereocenters. The van der Waals surface area contributed by atoms with Crippen LogP contribution in [0.15, 0.2) is 12.3 Å². The lowest BCUT2D eigenvalue weighted by Crippen LogP contribution is -2.17. The lowest BCUT2D eigenvalue weighted by molar-refractivity contribution is 0.0979. The van der Waals surface area contributed by atoms with E-state index in [1.54, 1.807) is 0 Å². The van der Waals surface area contributed by atoms with Gasteiger partial charge in [-0.05, 0) is 11.6 Å². The number of alkyl halides is 3. The van der Waals surface area contributed by atoms with E-state index in [0.29, 0.717) is 5.56 Å². The first-order valence-corrected chi connectivity index (χ1v) is 4.81. The highest BCUT2D eigenvalue weighted by atomic mass is 79.9. The van der Waals surface area contributed by atoms with Gasteiger partial charge in [0.2, 0.25) is 0 Å². The summed E-state index contributed by atoms with van der Waals surface area (Å²) in [6.07, 6.45) is -1.47. The van der Waals surface area contributed by atoms with Crippen LogP contribution >= 0.6 is 15.9 Å². The van der Waals surface area contributed by atoms with Gasteiger partial charge in [-0.3, -0.25) is 9.78 Å². The van der Waals surface area contributed by atoms with Gasteiger partial charge in [0, 0.05) is 11.5 Å². The molecule has 1 rings (SSSR count). The normalized spacial score (nSPS) is 10.6. The van der Waals surface area contributed by atoms with Crippen molar-refractivity contribution in [2.75, 3.05) is 0 Å². The van der Waals surface area contributed by atoms with E-state index in [4.69, 9.17) is 5.73 Å². The van der Waals surface area contributed by atoms with Crippen LogP contribution in [0.4, 0.5) is 8.78 Å². The van der Waals surface area contributed by atoms with E-state index in [9.17, 15) is 13.6 Å². The van der Waals surface area contributed by atoms with Crippen molar-refractivity contribution in [3.63, 3.8) is 0 Å². The third kappa shape index (κ3) is 2.06. The Labute approximate surface area is 87.4 Å². The van der Waals surface area contributed by atoms with Crippen LogP contribution in [0.5, 0.6) is 0 Å². The molecule has 0 aromatic carbocycles. The average molecular weight is 265 g/mol. The SMILES string of the molecule is NC(=O)c1nccc(CBr)c1C(F)F. The second-order valence-corrected chi connectivity index (χ2v) is 3.09. The second-order valence-electron chi connectivity index (χ2n) is 2.53. The number of pyridine rings is 1. The quantitative estimate of drug-likeness (QED) is 0.850. The molecule has 0 aliphatic heterocycles. The highest BCUT2D eigenvalue weighted by Gasteiger charge is 2.21. The molecule has 1 aromatic rings. The number of nitrogens with two attached hydrogens (primary N) is 1. The predicted octanol–water partition coefficient (Wildman–Crippen LogP) is 2.01. The lowest BCUT2D eigenvalue weighted by Gasteiger charge is -2.08. The van der Waals surface area contributed by atoms with Gasteiger partial charge in [0.05, 0.1) is 5.56 Å². The van der Waals surface area contributed by atoms with Gasteiger partial charge in [-0.25, -0.2) is 8.78 Å². The lowest BCUT2D eigenvalue weighted by atomic mass is 10.1. The Morgan fingerprint density at radius 2 is 2.29 bits per heavy atom. The van der Waals surface area contributed by atoms with E-state index in [1.165, 1.54) is 12.3 Å². The number of hydrogen-bond acceptors (Lipinski definition) is 2. The summed E-state index contributed by atoms with van der Waals surface area (Å²) in [5, 5.41) is 0.232.